The Bertz CT molecular complexity index is 456. The largest absolute Gasteiger partial charge is 0.497 e. The first kappa shape index (κ1) is 17.2. The lowest BCUT2D eigenvalue weighted by atomic mass is 10.1. The molecule has 5 heteroatoms. The highest BCUT2D eigenvalue weighted by atomic mass is 32.2. The third-order valence-electron chi connectivity index (χ3n) is 4.09. The van der Waals surface area contributed by atoms with Gasteiger partial charge in [0.15, 0.2) is 0 Å². The molecule has 1 fully saturated rings. The van der Waals surface area contributed by atoms with Crippen LogP contribution < -0.4 is 15.0 Å². The summed E-state index contributed by atoms with van der Waals surface area (Å²) in [5, 5.41) is 3.18. The van der Waals surface area contributed by atoms with Gasteiger partial charge in [0.25, 0.3) is 0 Å². The minimum atomic E-state index is 0.143. The summed E-state index contributed by atoms with van der Waals surface area (Å²) in [5.41, 5.74) is 0. The number of hydrogen-bond donors (Lipinski definition) is 2. The molecular weight excluding hydrogens is 296 g/mol. The van der Waals surface area contributed by atoms with Crippen molar-refractivity contribution in [3.63, 3.8) is 0 Å². The molecule has 0 unspecified atom stereocenters. The molecule has 0 saturated carbocycles. The van der Waals surface area contributed by atoms with Gasteiger partial charge in [-0.2, -0.15) is 0 Å². The number of benzene rings is 1. The number of nitrogens with one attached hydrogen (secondary N) is 2. The lowest BCUT2D eigenvalue weighted by Gasteiger charge is -2.29. The van der Waals surface area contributed by atoms with E-state index in [4.69, 9.17) is 4.74 Å². The van der Waals surface area contributed by atoms with Crippen LogP contribution in [0.5, 0.6) is 5.75 Å². The molecule has 4 nitrogen and oxygen atoms in total. The summed E-state index contributed by atoms with van der Waals surface area (Å²) >= 11 is 1.57. The SMILES string of the molecule is CCC[NH+]1CCC(NC(=O)CSc2ccc(OC)cc2)CC1. The summed E-state index contributed by atoms with van der Waals surface area (Å²) < 4.78 is 5.13. The van der Waals surface area contributed by atoms with E-state index in [0.29, 0.717) is 11.8 Å². The normalized spacial score (nSPS) is 21.4. The Morgan fingerprint density at radius 2 is 2.00 bits per heavy atom. The Kier molecular flexibility index (Phi) is 7.06. The molecule has 0 bridgehead atoms. The number of amides is 1. The van der Waals surface area contributed by atoms with Crippen molar-refractivity contribution in [2.75, 3.05) is 32.5 Å². The summed E-state index contributed by atoms with van der Waals surface area (Å²) in [5.74, 6) is 1.47. The highest BCUT2D eigenvalue weighted by Gasteiger charge is 2.22. The van der Waals surface area contributed by atoms with Crippen LogP contribution in [0.25, 0.3) is 0 Å². The van der Waals surface area contributed by atoms with Crippen molar-refractivity contribution < 1.29 is 14.4 Å². The van der Waals surface area contributed by atoms with Crippen molar-refractivity contribution in [3.8, 4) is 5.75 Å². The zero-order chi connectivity index (χ0) is 15.8. The number of likely N-dealkylation sites (tertiary alicyclic amines) is 1. The molecule has 1 aromatic rings. The van der Waals surface area contributed by atoms with E-state index in [2.05, 4.69) is 12.2 Å². The average Bonchev–Trinajstić information content (AvgIpc) is 2.55. The highest BCUT2D eigenvalue weighted by Crippen LogP contribution is 2.21. The Morgan fingerprint density at radius 3 is 2.59 bits per heavy atom. The number of thioether (sulfide) groups is 1. The van der Waals surface area contributed by atoms with E-state index < -0.39 is 0 Å². The topological polar surface area (TPSA) is 42.8 Å². The summed E-state index contributed by atoms with van der Waals surface area (Å²) in [4.78, 5) is 14.8. The average molecular weight is 323 g/mol. The monoisotopic (exact) mass is 323 g/mol. The second kappa shape index (κ2) is 9.06. The molecule has 122 valence electrons. The number of carbonyl (C=O) groups excluding carboxylic acids is 1. The van der Waals surface area contributed by atoms with Crippen LogP contribution in [0.1, 0.15) is 26.2 Å². The Labute approximate surface area is 137 Å². The van der Waals surface area contributed by atoms with Crippen molar-refractivity contribution in [1.29, 1.82) is 0 Å². The summed E-state index contributed by atoms with van der Waals surface area (Å²) in [6, 6.07) is 8.19. The van der Waals surface area contributed by atoms with Crippen molar-refractivity contribution >= 4 is 17.7 Å². The van der Waals surface area contributed by atoms with E-state index in [0.717, 1.165) is 23.5 Å². The summed E-state index contributed by atoms with van der Waals surface area (Å²) in [7, 11) is 1.66. The molecule has 1 aliphatic rings. The molecule has 1 amide bonds. The fraction of sp³-hybridized carbons (Fsp3) is 0.588. The molecular formula is C17H27N2O2S+. The van der Waals surface area contributed by atoms with Crippen LogP contribution in [0.2, 0.25) is 0 Å². The smallest absolute Gasteiger partial charge is 0.230 e. The lowest BCUT2D eigenvalue weighted by Crippen LogP contribution is -3.13. The van der Waals surface area contributed by atoms with Crippen LogP contribution in [0, 0.1) is 0 Å². The zero-order valence-electron chi connectivity index (χ0n) is 13.6. The van der Waals surface area contributed by atoms with Gasteiger partial charge in [-0.25, -0.2) is 0 Å². The van der Waals surface area contributed by atoms with Crippen LogP contribution in [-0.4, -0.2) is 44.4 Å². The van der Waals surface area contributed by atoms with Crippen molar-refractivity contribution in [2.45, 2.75) is 37.1 Å². The van der Waals surface area contributed by atoms with Crippen LogP contribution in [-0.2, 0) is 4.79 Å². The van der Waals surface area contributed by atoms with Crippen molar-refractivity contribution in [3.05, 3.63) is 24.3 Å². The number of carbonyl (C=O) groups is 1. The van der Waals surface area contributed by atoms with Gasteiger partial charge in [-0.3, -0.25) is 4.79 Å². The first-order chi connectivity index (χ1) is 10.7. The second-order valence-corrected chi connectivity index (χ2v) is 6.85. The van der Waals surface area contributed by atoms with Gasteiger partial charge in [0.05, 0.1) is 32.5 Å². The molecule has 0 radical (unpaired) electrons. The summed E-state index contributed by atoms with van der Waals surface area (Å²) in [6.45, 7) is 5.86. The van der Waals surface area contributed by atoms with Crippen molar-refractivity contribution in [2.24, 2.45) is 0 Å². The number of hydrogen-bond acceptors (Lipinski definition) is 3. The maximum atomic E-state index is 12.1. The molecule has 1 aliphatic heterocycles. The van der Waals surface area contributed by atoms with Gasteiger partial charge in [-0.15, -0.1) is 11.8 Å². The molecule has 22 heavy (non-hydrogen) atoms. The Balaban J connectivity index is 1.67. The van der Waals surface area contributed by atoms with Gasteiger partial charge >= 0.3 is 0 Å². The lowest BCUT2D eigenvalue weighted by molar-refractivity contribution is -0.905. The molecule has 0 aromatic heterocycles. The van der Waals surface area contributed by atoms with Crippen LogP contribution in [0.3, 0.4) is 0 Å². The molecule has 1 aromatic carbocycles. The molecule has 0 atom stereocenters. The Morgan fingerprint density at radius 1 is 1.32 bits per heavy atom. The van der Waals surface area contributed by atoms with Gasteiger partial charge in [0.2, 0.25) is 5.91 Å². The number of ether oxygens (including phenoxy) is 1. The maximum Gasteiger partial charge on any atom is 0.230 e. The Hall–Kier alpha value is -1.20. The van der Waals surface area contributed by atoms with E-state index >= 15 is 0 Å². The van der Waals surface area contributed by atoms with Gasteiger partial charge < -0.3 is 15.0 Å². The second-order valence-electron chi connectivity index (χ2n) is 5.81. The minimum Gasteiger partial charge on any atom is -0.497 e. The number of quaternary nitrogens is 1. The summed E-state index contributed by atoms with van der Waals surface area (Å²) in [6.07, 6.45) is 3.45. The van der Waals surface area contributed by atoms with E-state index in [1.807, 2.05) is 24.3 Å². The van der Waals surface area contributed by atoms with E-state index in [9.17, 15) is 4.79 Å². The van der Waals surface area contributed by atoms with Gasteiger partial charge in [-0.1, -0.05) is 6.92 Å². The highest BCUT2D eigenvalue weighted by molar-refractivity contribution is 8.00. The predicted molar refractivity (Wildman–Crippen MR) is 90.7 cm³/mol. The van der Waals surface area contributed by atoms with Gasteiger partial charge in [-0.05, 0) is 30.7 Å². The third kappa shape index (κ3) is 5.54. The number of methoxy groups -OCH3 is 1. The molecule has 0 aliphatic carbocycles. The maximum absolute atomic E-state index is 12.1. The van der Waals surface area contributed by atoms with E-state index in [1.165, 1.54) is 26.1 Å². The quantitative estimate of drug-likeness (QED) is 0.745. The molecule has 0 spiro atoms. The van der Waals surface area contributed by atoms with Gasteiger partial charge in [0.1, 0.15) is 5.75 Å². The molecule has 1 saturated heterocycles. The van der Waals surface area contributed by atoms with Crippen LogP contribution in [0.4, 0.5) is 0 Å². The predicted octanol–water partition coefficient (Wildman–Crippen LogP) is 1.36. The van der Waals surface area contributed by atoms with Crippen LogP contribution >= 0.6 is 11.8 Å². The zero-order valence-corrected chi connectivity index (χ0v) is 14.4. The third-order valence-corrected chi connectivity index (χ3v) is 5.10. The van der Waals surface area contributed by atoms with Gasteiger partial charge in [0, 0.05) is 23.8 Å². The van der Waals surface area contributed by atoms with E-state index in [1.54, 1.807) is 23.8 Å². The fourth-order valence-electron chi connectivity index (χ4n) is 2.86. The van der Waals surface area contributed by atoms with E-state index in [-0.39, 0.29) is 5.91 Å². The minimum absolute atomic E-state index is 0.143. The first-order valence-electron chi connectivity index (χ1n) is 8.11. The number of rotatable bonds is 7. The standard InChI is InChI=1S/C17H26N2O2S/c1-3-10-19-11-8-14(9-12-19)18-17(20)13-22-16-6-4-15(21-2)5-7-16/h4-7,14H,3,8-13H2,1-2H3,(H,18,20)/p+1. The molecule has 1 heterocycles. The number of piperidine rings is 1. The van der Waals surface area contributed by atoms with Crippen LogP contribution in [0.15, 0.2) is 29.2 Å². The fourth-order valence-corrected chi connectivity index (χ4v) is 3.57. The first-order valence-corrected chi connectivity index (χ1v) is 9.09. The molecule has 2 rings (SSSR count). The molecule has 2 N–H and O–H groups in total. The van der Waals surface area contributed by atoms with Crippen molar-refractivity contribution in [1.82, 2.24) is 5.32 Å².